The Bertz CT molecular complexity index is 449. The minimum atomic E-state index is -0.746. The lowest BCUT2D eigenvalue weighted by molar-refractivity contribution is 0.0155. The molecule has 2 rings (SSSR count). The molecule has 1 fully saturated rings. The maximum Gasteiger partial charge on any atom is 0.276 e. The molecule has 0 bridgehead atoms. The quantitative estimate of drug-likeness (QED) is 0.737. The highest BCUT2D eigenvalue weighted by molar-refractivity contribution is 5.97. The first kappa shape index (κ1) is 12.9. The van der Waals surface area contributed by atoms with E-state index >= 15 is 0 Å². The molecule has 0 saturated heterocycles. The minimum absolute atomic E-state index is 0.233. The van der Waals surface area contributed by atoms with E-state index in [0.717, 1.165) is 25.7 Å². The number of likely N-dealkylation sites (N-methyl/N-ethyl adjacent to an activating group) is 1. The van der Waals surface area contributed by atoms with Crippen molar-refractivity contribution in [2.75, 3.05) is 19.3 Å². The van der Waals surface area contributed by atoms with Crippen LogP contribution in [-0.2, 0) is 0 Å². The van der Waals surface area contributed by atoms with E-state index < -0.39 is 5.60 Å². The zero-order chi connectivity index (χ0) is 13.3. The fourth-order valence-corrected chi connectivity index (χ4v) is 2.49. The third-order valence-electron chi connectivity index (χ3n) is 3.61. The van der Waals surface area contributed by atoms with Crippen LogP contribution >= 0.6 is 0 Å². The lowest BCUT2D eigenvalue weighted by Gasteiger charge is -2.28. The molecule has 0 atom stereocenters. The van der Waals surface area contributed by atoms with Crippen LogP contribution in [0.5, 0.6) is 0 Å². The summed E-state index contributed by atoms with van der Waals surface area (Å²) in [7, 11) is 1.67. The van der Waals surface area contributed by atoms with Gasteiger partial charge in [0.1, 0.15) is 0 Å². The van der Waals surface area contributed by atoms with Crippen LogP contribution in [-0.4, -0.2) is 45.3 Å². The van der Waals surface area contributed by atoms with Gasteiger partial charge in [0, 0.05) is 13.6 Å². The molecular formula is C12H20N4O2. The van der Waals surface area contributed by atoms with Crippen molar-refractivity contribution >= 4 is 11.6 Å². The number of rotatable bonds is 3. The van der Waals surface area contributed by atoms with Gasteiger partial charge in [0.25, 0.3) is 5.91 Å². The molecule has 1 aliphatic rings. The second-order valence-corrected chi connectivity index (χ2v) is 5.20. The molecule has 0 unspecified atom stereocenters. The van der Waals surface area contributed by atoms with Crippen molar-refractivity contribution in [2.45, 2.75) is 38.2 Å². The average molecular weight is 252 g/mol. The summed E-state index contributed by atoms with van der Waals surface area (Å²) in [6.07, 6.45) is 3.53. The summed E-state index contributed by atoms with van der Waals surface area (Å²) in [6, 6.07) is 0. The summed E-state index contributed by atoms with van der Waals surface area (Å²) in [6.45, 7) is 2.10. The SMILES string of the molecule is Cc1[nH]nc(C(=O)N(C)CC2(O)CCCC2)c1N. The van der Waals surface area contributed by atoms with Crippen molar-refractivity contribution in [1.82, 2.24) is 15.1 Å². The number of aromatic amines is 1. The number of aliphatic hydroxyl groups is 1. The Morgan fingerprint density at radius 2 is 2.17 bits per heavy atom. The second-order valence-electron chi connectivity index (χ2n) is 5.20. The third kappa shape index (κ3) is 2.33. The fraction of sp³-hybridized carbons (Fsp3) is 0.667. The highest BCUT2D eigenvalue weighted by Gasteiger charge is 2.34. The number of amides is 1. The number of hydrogen-bond donors (Lipinski definition) is 3. The third-order valence-corrected chi connectivity index (χ3v) is 3.61. The highest BCUT2D eigenvalue weighted by Crippen LogP contribution is 2.30. The van der Waals surface area contributed by atoms with Gasteiger partial charge in [0.05, 0.1) is 17.0 Å². The van der Waals surface area contributed by atoms with Crippen molar-refractivity contribution in [2.24, 2.45) is 0 Å². The Balaban J connectivity index is 2.07. The van der Waals surface area contributed by atoms with Gasteiger partial charge >= 0.3 is 0 Å². The van der Waals surface area contributed by atoms with Crippen LogP contribution in [0, 0.1) is 6.92 Å². The van der Waals surface area contributed by atoms with Gasteiger partial charge in [0.15, 0.2) is 5.69 Å². The summed E-state index contributed by atoms with van der Waals surface area (Å²) >= 11 is 0. The number of aryl methyl sites for hydroxylation is 1. The first-order valence-corrected chi connectivity index (χ1v) is 6.21. The Morgan fingerprint density at radius 1 is 1.56 bits per heavy atom. The molecule has 100 valence electrons. The van der Waals surface area contributed by atoms with E-state index in [-0.39, 0.29) is 11.6 Å². The van der Waals surface area contributed by atoms with Crippen LogP contribution in [0.3, 0.4) is 0 Å². The summed E-state index contributed by atoms with van der Waals surface area (Å²) in [5.41, 5.74) is 6.33. The Morgan fingerprint density at radius 3 is 2.67 bits per heavy atom. The van der Waals surface area contributed by atoms with Gasteiger partial charge in [-0.1, -0.05) is 12.8 Å². The van der Waals surface area contributed by atoms with Crippen molar-refractivity contribution in [3.05, 3.63) is 11.4 Å². The molecule has 4 N–H and O–H groups in total. The van der Waals surface area contributed by atoms with Crippen molar-refractivity contribution in [3.8, 4) is 0 Å². The van der Waals surface area contributed by atoms with Gasteiger partial charge in [-0.15, -0.1) is 0 Å². The molecule has 6 nitrogen and oxygen atoms in total. The van der Waals surface area contributed by atoms with E-state index in [2.05, 4.69) is 10.2 Å². The molecule has 1 aromatic rings. The smallest absolute Gasteiger partial charge is 0.276 e. The van der Waals surface area contributed by atoms with E-state index in [0.29, 0.717) is 17.9 Å². The predicted octanol–water partition coefficient (Wildman–Crippen LogP) is 0.677. The zero-order valence-corrected chi connectivity index (χ0v) is 10.9. The van der Waals surface area contributed by atoms with E-state index in [9.17, 15) is 9.90 Å². The van der Waals surface area contributed by atoms with E-state index in [1.807, 2.05) is 0 Å². The van der Waals surface area contributed by atoms with E-state index in [1.54, 1.807) is 14.0 Å². The summed E-state index contributed by atoms with van der Waals surface area (Å²) in [5.74, 6) is -0.253. The number of nitrogen functional groups attached to an aromatic ring is 1. The van der Waals surface area contributed by atoms with Gasteiger partial charge in [-0.25, -0.2) is 0 Å². The standard InChI is InChI=1S/C12H20N4O2/c1-8-9(13)10(15-14-8)11(17)16(2)7-12(18)5-3-4-6-12/h18H,3-7,13H2,1-2H3,(H,14,15). The number of carbonyl (C=O) groups is 1. The van der Waals surface area contributed by atoms with Crippen LogP contribution in [0.1, 0.15) is 41.9 Å². The number of H-pyrrole nitrogens is 1. The molecule has 1 aliphatic carbocycles. The molecule has 18 heavy (non-hydrogen) atoms. The number of nitrogens with one attached hydrogen (secondary N) is 1. The average Bonchev–Trinajstić information content (AvgIpc) is 2.87. The number of aromatic nitrogens is 2. The number of carbonyl (C=O) groups excluding carboxylic acids is 1. The molecule has 1 saturated carbocycles. The molecule has 0 aromatic carbocycles. The lowest BCUT2D eigenvalue weighted by atomic mass is 10.0. The monoisotopic (exact) mass is 252 g/mol. The van der Waals surface area contributed by atoms with Gasteiger partial charge < -0.3 is 15.7 Å². The number of nitrogens with zero attached hydrogens (tertiary/aromatic N) is 2. The molecule has 6 heteroatoms. The second kappa shape index (κ2) is 4.61. The molecule has 0 aliphatic heterocycles. The Hall–Kier alpha value is -1.56. The highest BCUT2D eigenvalue weighted by atomic mass is 16.3. The summed E-state index contributed by atoms with van der Waals surface area (Å²) in [4.78, 5) is 13.7. The number of hydrogen-bond acceptors (Lipinski definition) is 4. The molecular weight excluding hydrogens is 232 g/mol. The van der Waals surface area contributed by atoms with Crippen LogP contribution in [0.4, 0.5) is 5.69 Å². The lowest BCUT2D eigenvalue weighted by Crippen LogP contribution is -2.42. The van der Waals surface area contributed by atoms with Crippen molar-refractivity contribution < 1.29 is 9.90 Å². The minimum Gasteiger partial charge on any atom is -0.395 e. The fourth-order valence-electron chi connectivity index (χ4n) is 2.49. The normalized spacial score (nSPS) is 17.9. The van der Waals surface area contributed by atoms with Gasteiger partial charge in [-0.3, -0.25) is 9.89 Å². The first-order chi connectivity index (χ1) is 8.43. The molecule has 1 amide bonds. The first-order valence-electron chi connectivity index (χ1n) is 6.21. The predicted molar refractivity (Wildman–Crippen MR) is 68.1 cm³/mol. The van der Waals surface area contributed by atoms with Gasteiger partial charge in [-0.2, -0.15) is 5.10 Å². The molecule has 0 spiro atoms. The maximum atomic E-state index is 12.2. The van der Waals surface area contributed by atoms with Crippen molar-refractivity contribution in [1.29, 1.82) is 0 Å². The molecule has 1 aromatic heterocycles. The summed E-state index contributed by atoms with van der Waals surface area (Å²) < 4.78 is 0. The van der Waals surface area contributed by atoms with E-state index in [1.165, 1.54) is 4.90 Å². The number of anilines is 1. The molecule has 0 radical (unpaired) electrons. The van der Waals surface area contributed by atoms with Gasteiger partial charge in [0.2, 0.25) is 0 Å². The van der Waals surface area contributed by atoms with Crippen LogP contribution in [0.25, 0.3) is 0 Å². The largest absolute Gasteiger partial charge is 0.395 e. The Kier molecular flexibility index (Phi) is 3.30. The van der Waals surface area contributed by atoms with Crippen molar-refractivity contribution in [3.63, 3.8) is 0 Å². The molecule has 1 heterocycles. The zero-order valence-electron chi connectivity index (χ0n) is 10.9. The number of nitrogens with two attached hydrogens (primary N) is 1. The summed E-state index contributed by atoms with van der Waals surface area (Å²) in [5, 5.41) is 16.9. The topological polar surface area (TPSA) is 95.2 Å². The van der Waals surface area contributed by atoms with Crippen LogP contribution < -0.4 is 5.73 Å². The van der Waals surface area contributed by atoms with Crippen LogP contribution in [0.15, 0.2) is 0 Å². The van der Waals surface area contributed by atoms with E-state index in [4.69, 9.17) is 5.73 Å². The maximum absolute atomic E-state index is 12.2. The Labute approximate surface area is 106 Å². The van der Waals surface area contributed by atoms with Gasteiger partial charge in [-0.05, 0) is 19.8 Å². The van der Waals surface area contributed by atoms with Crippen LogP contribution in [0.2, 0.25) is 0 Å².